The monoisotopic (exact) mass is 699 g/mol. The molecule has 7 rings (SSSR count). The number of nitrogens with zero attached hydrogens (tertiary/aromatic N) is 5. The van der Waals surface area contributed by atoms with Gasteiger partial charge >= 0.3 is 12.1 Å². The van der Waals surface area contributed by atoms with Gasteiger partial charge in [0.1, 0.15) is 29.4 Å². The third-order valence-electron chi connectivity index (χ3n) is 9.65. The number of hydrogen-bond acceptors (Lipinski definition) is 8. The summed E-state index contributed by atoms with van der Waals surface area (Å²) in [6, 6.07) is 7.96. The maximum absolute atomic E-state index is 15.6. The number of rotatable bonds is 7. The molecule has 3 aliphatic rings. The van der Waals surface area contributed by atoms with Crippen molar-refractivity contribution in [2.24, 2.45) is 7.05 Å². The van der Waals surface area contributed by atoms with Gasteiger partial charge in [-0.1, -0.05) is 0 Å². The average molecular weight is 700 g/mol. The van der Waals surface area contributed by atoms with Crippen LogP contribution in [0.1, 0.15) is 79.5 Å². The summed E-state index contributed by atoms with van der Waals surface area (Å²) >= 11 is 0. The van der Waals surface area contributed by atoms with Gasteiger partial charge in [0.2, 0.25) is 0 Å². The number of aromatic amines is 1. The second kappa shape index (κ2) is 13.1. The summed E-state index contributed by atoms with van der Waals surface area (Å²) in [6.45, 7) is 8.36. The Balaban J connectivity index is 1.18. The number of H-pyrrole nitrogens is 1. The summed E-state index contributed by atoms with van der Waals surface area (Å²) in [5, 5.41) is 10.4. The van der Waals surface area contributed by atoms with Crippen LogP contribution in [-0.4, -0.2) is 67.4 Å². The van der Waals surface area contributed by atoms with Crippen LogP contribution in [0.5, 0.6) is 0 Å². The Morgan fingerprint density at radius 3 is 2.57 bits per heavy atom. The normalized spacial score (nSPS) is 16.0. The molecule has 4 aromatic rings. The zero-order valence-electron chi connectivity index (χ0n) is 29.5. The molecule has 2 amide bonds. The zero-order valence-corrected chi connectivity index (χ0v) is 29.5. The molecule has 3 aromatic heterocycles. The topological polar surface area (TPSA) is 144 Å². The average Bonchev–Trinajstić information content (AvgIpc) is 3.66. The van der Waals surface area contributed by atoms with Crippen molar-refractivity contribution in [3.05, 3.63) is 80.9 Å². The van der Waals surface area contributed by atoms with Crippen molar-refractivity contribution >= 4 is 35.2 Å². The molecule has 1 saturated heterocycles. The molecule has 2 aliphatic heterocycles. The van der Waals surface area contributed by atoms with Gasteiger partial charge in [-0.15, -0.1) is 0 Å². The minimum absolute atomic E-state index is 0.0232. The van der Waals surface area contributed by atoms with E-state index in [1.165, 1.54) is 34.9 Å². The fourth-order valence-corrected chi connectivity index (χ4v) is 7.16. The van der Waals surface area contributed by atoms with Gasteiger partial charge in [0.25, 0.3) is 11.5 Å². The molecule has 5 heterocycles. The molecule has 0 radical (unpaired) electrons. The molecule has 2 N–H and O–H groups in total. The molecule has 14 heteroatoms. The highest BCUT2D eigenvalue weighted by Gasteiger charge is 2.36. The van der Waals surface area contributed by atoms with Crippen molar-refractivity contribution < 1.29 is 28.2 Å². The molecule has 0 atom stereocenters. The molecule has 268 valence electrons. The van der Waals surface area contributed by atoms with Crippen molar-refractivity contribution in [3.63, 3.8) is 0 Å². The predicted molar refractivity (Wildman–Crippen MR) is 188 cm³/mol. The number of pyridine rings is 1. The summed E-state index contributed by atoms with van der Waals surface area (Å²) in [6.07, 6.45) is 5.24. The van der Waals surface area contributed by atoms with Crippen LogP contribution in [0.3, 0.4) is 0 Å². The van der Waals surface area contributed by atoms with Gasteiger partial charge in [-0.25, -0.2) is 9.18 Å². The van der Waals surface area contributed by atoms with Crippen LogP contribution < -0.4 is 15.8 Å². The first-order chi connectivity index (χ1) is 24.3. The van der Waals surface area contributed by atoms with Gasteiger partial charge in [-0.3, -0.25) is 19.5 Å². The van der Waals surface area contributed by atoms with E-state index in [0.29, 0.717) is 60.1 Å². The number of amides is 2. The SMILES string of the molecule is CC(=O)OCc1c(-c2cc(Nc3cc(C4CN(C(=O)OC(C)(C)C)C4)[nH]n3)c(=O)n(C)c2)cc(F)cc1N1CCn2c(cc3c2CCCC3)C1=O. The van der Waals surface area contributed by atoms with Crippen LogP contribution in [0.15, 0.2) is 41.3 Å². The molecule has 0 bridgehead atoms. The van der Waals surface area contributed by atoms with E-state index in [4.69, 9.17) is 9.47 Å². The molecule has 1 fully saturated rings. The van der Waals surface area contributed by atoms with E-state index in [0.717, 1.165) is 31.4 Å². The molecule has 1 aromatic carbocycles. The van der Waals surface area contributed by atoms with Crippen molar-refractivity contribution in [3.8, 4) is 11.1 Å². The molecule has 51 heavy (non-hydrogen) atoms. The van der Waals surface area contributed by atoms with E-state index in [-0.39, 0.29) is 35.8 Å². The largest absolute Gasteiger partial charge is 0.461 e. The number of esters is 1. The molecule has 0 spiro atoms. The Kier molecular flexibility index (Phi) is 8.72. The first-order valence-corrected chi connectivity index (χ1v) is 17.3. The van der Waals surface area contributed by atoms with Gasteiger partial charge in [0, 0.05) is 80.8 Å². The first-order valence-electron chi connectivity index (χ1n) is 17.3. The third-order valence-corrected chi connectivity index (χ3v) is 9.65. The summed E-state index contributed by atoms with van der Waals surface area (Å²) in [5.74, 6) is -0.940. The summed E-state index contributed by atoms with van der Waals surface area (Å²) in [7, 11) is 1.59. The standard InChI is InChI=1S/C37H42FN7O6/c1-21(46)50-20-27-26(14-25(38)15-31(27)45-11-10-44-30-9-7-6-8-22(30)13-32(44)35(45)48)23-12-29(34(47)42(5)17-23)39-33-16-28(40-41-33)24-18-43(19-24)36(49)51-37(2,3)4/h12-17,24H,6-11,18-20H2,1-5H3,(H2,39,40,41). The summed E-state index contributed by atoms with van der Waals surface area (Å²) in [4.78, 5) is 54.9. The molecule has 0 unspecified atom stereocenters. The van der Waals surface area contributed by atoms with Crippen molar-refractivity contribution in [2.75, 3.05) is 29.9 Å². The van der Waals surface area contributed by atoms with Gasteiger partial charge in [-0.2, -0.15) is 5.10 Å². The molecular formula is C37H42FN7O6. The summed E-state index contributed by atoms with van der Waals surface area (Å²) < 4.78 is 30.0. The number of carbonyl (C=O) groups excluding carboxylic acids is 3. The highest BCUT2D eigenvalue weighted by Crippen LogP contribution is 2.37. The second-order valence-electron chi connectivity index (χ2n) is 14.5. The lowest BCUT2D eigenvalue weighted by Gasteiger charge is -2.39. The number of ether oxygens (including phenoxy) is 2. The number of hydrogen-bond donors (Lipinski definition) is 2. The Morgan fingerprint density at radius 2 is 1.82 bits per heavy atom. The number of nitrogens with one attached hydrogen (secondary N) is 2. The maximum atomic E-state index is 15.6. The minimum atomic E-state index is -0.584. The first kappa shape index (κ1) is 34.1. The van der Waals surface area contributed by atoms with Crippen molar-refractivity contribution in [2.45, 2.75) is 78.0 Å². The Morgan fingerprint density at radius 1 is 1.06 bits per heavy atom. The van der Waals surface area contributed by atoms with Gasteiger partial charge in [-0.05, 0) is 81.8 Å². The van der Waals surface area contributed by atoms with Crippen LogP contribution in [0.2, 0.25) is 0 Å². The van der Waals surface area contributed by atoms with E-state index >= 15 is 4.39 Å². The molecule has 13 nitrogen and oxygen atoms in total. The maximum Gasteiger partial charge on any atom is 0.410 e. The Labute approximate surface area is 294 Å². The zero-order chi connectivity index (χ0) is 36.2. The quantitative estimate of drug-likeness (QED) is 0.244. The van der Waals surface area contributed by atoms with Crippen LogP contribution in [0.25, 0.3) is 11.1 Å². The number of aromatic nitrogens is 4. The number of likely N-dealkylation sites (tertiary alicyclic amines) is 1. The van der Waals surface area contributed by atoms with Crippen molar-refractivity contribution in [1.82, 2.24) is 24.2 Å². The van der Waals surface area contributed by atoms with E-state index in [1.807, 2.05) is 26.8 Å². The number of benzene rings is 1. The lowest BCUT2D eigenvalue weighted by atomic mass is 9.97. The molecule has 0 saturated carbocycles. The van der Waals surface area contributed by atoms with E-state index in [1.54, 1.807) is 35.2 Å². The van der Waals surface area contributed by atoms with Crippen LogP contribution in [0.4, 0.5) is 26.4 Å². The minimum Gasteiger partial charge on any atom is -0.461 e. The van der Waals surface area contributed by atoms with Crippen LogP contribution >= 0.6 is 0 Å². The van der Waals surface area contributed by atoms with Crippen LogP contribution in [-0.2, 0) is 47.3 Å². The second-order valence-corrected chi connectivity index (χ2v) is 14.5. The highest BCUT2D eigenvalue weighted by atomic mass is 19.1. The van der Waals surface area contributed by atoms with E-state index in [2.05, 4.69) is 20.1 Å². The van der Waals surface area contributed by atoms with Gasteiger partial charge in [0.15, 0.2) is 5.82 Å². The highest BCUT2D eigenvalue weighted by molar-refractivity contribution is 6.07. The van der Waals surface area contributed by atoms with E-state index < -0.39 is 17.4 Å². The third kappa shape index (κ3) is 6.74. The summed E-state index contributed by atoms with van der Waals surface area (Å²) in [5.41, 5.74) is 4.59. The number of anilines is 3. The van der Waals surface area contributed by atoms with Gasteiger partial charge in [0.05, 0.1) is 5.69 Å². The molecular weight excluding hydrogens is 657 g/mol. The van der Waals surface area contributed by atoms with E-state index in [9.17, 15) is 19.2 Å². The molecule has 1 aliphatic carbocycles. The van der Waals surface area contributed by atoms with Crippen molar-refractivity contribution in [1.29, 1.82) is 0 Å². The Hall–Kier alpha value is -5.40. The number of fused-ring (bicyclic) bond motifs is 3. The number of aryl methyl sites for hydroxylation is 2. The number of carbonyl (C=O) groups is 3. The lowest BCUT2D eigenvalue weighted by Crippen LogP contribution is -2.50. The smallest absolute Gasteiger partial charge is 0.410 e. The van der Waals surface area contributed by atoms with Crippen LogP contribution in [0, 0.1) is 5.82 Å². The fraction of sp³-hybridized carbons (Fsp3) is 0.432. The van der Waals surface area contributed by atoms with Gasteiger partial charge < -0.3 is 33.7 Å². The Bertz CT molecular complexity index is 2100. The lowest BCUT2D eigenvalue weighted by molar-refractivity contribution is -0.142. The fourth-order valence-electron chi connectivity index (χ4n) is 7.16. The number of halogens is 1. The predicted octanol–water partition coefficient (Wildman–Crippen LogP) is 5.40.